The van der Waals surface area contributed by atoms with Gasteiger partial charge < -0.3 is 9.88 Å². The van der Waals surface area contributed by atoms with Crippen molar-refractivity contribution >= 4 is 21.4 Å². The van der Waals surface area contributed by atoms with E-state index in [9.17, 15) is 8.42 Å². The van der Waals surface area contributed by atoms with E-state index in [0.29, 0.717) is 18.0 Å². The smallest absolute Gasteiger partial charge is 0.242 e. The van der Waals surface area contributed by atoms with Crippen LogP contribution in [0, 0.1) is 0 Å². The van der Waals surface area contributed by atoms with Crippen LogP contribution in [-0.4, -0.2) is 20.0 Å². The van der Waals surface area contributed by atoms with Crippen molar-refractivity contribution in [2.75, 3.05) is 7.05 Å². The van der Waals surface area contributed by atoms with Gasteiger partial charge in [0.05, 0.1) is 4.90 Å². The zero-order chi connectivity index (χ0) is 15.5. The molecule has 0 aliphatic heterocycles. The molecule has 0 saturated heterocycles. The minimum atomic E-state index is -3.48. The highest BCUT2D eigenvalue weighted by Gasteiger charge is 2.19. The lowest BCUT2D eigenvalue weighted by Gasteiger charge is -2.11. The van der Waals surface area contributed by atoms with E-state index in [-0.39, 0.29) is 6.04 Å². The molecule has 2 aromatic rings. The van der Waals surface area contributed by atoms with Crippen LogP contribution in [0.1, 0.15) is 31.1 Å². The maximum absolute atomic E-state index is 12.4. The van der Waals surface area contributed by atoms with Gasteiger partial charge in [-0.15, -0.1) is 0 Å². The first kappa shape index (κ1) is 16.2. The lowest BCUT2D eigenvalue weighted by molar-refractivity contribution is 0.561. The van der Waals surface area contributed by atoms with Crippen LogP contribution in [0.25, 0.3) is 0 Å². The monoisotopic (exact) mass is 327 g/mol. The fourth-order valence-electron chi connectivity index (χ4n) is 2.10. The van der Waals surface area contributed by atoms with Crippen LogP contribution in [-0.2, 0) is 23.1 Å². The van der Waals surface area contributed by atoms with Crippen molar-refractivity contribution in [1.29, 1.82) is 0 Å². The van der Waals surface area contributed by atoms with E-state index in [4.69, 9.17) is 0 Å². The van der Waals surface area contributed by atoms with Crippen LogP contribution >= 0.6 is 11.3 Å². The van der Waals surface area contributed by atoms with Crippen molar-refractivity contribution in [3.8, 4) is 0 Å². The SMILES string of the molecule is CNCc1cc(S(=O)(=O)NCc2ccsc2)cn1C(C)C. The largest absolute Gasteiger partial charge is 0.346 e. The van der Waals surface area contributed by atoms with E-state index >= 15 is 0 Å². The second-order valence-corrected chi connectivity index (χ2v) is 7.70. The molecule has 5 nitrogen and oxygen atoms in total. The number of nitrogens with zero attached hydrogens (tertiary/aromatic N) is 1. The maximum atomic E-state index is 12.4. The summed E-state index contributed by atoms with van der Waals surface area (Å²) >= 11 is 1.56. The first-order valence-corrected chi connectivity index (χ1v) is 9.22. The van der Waals surface area contributed by atoms with Crippen molar-refractivity contribution < 1.29 is 8.42 Å². The molecule has 116 valence electrons. The van der Waals surface area contributed by atoms with E-state index in [1.807, 2.05) is 42.3 Å². The molecule has 0 aliphatic rings. The summed E-state index contributed by atoms with van der Waals surface area (Å²) in [6.45, 7) is 5.03. The van der Waals surface area contributed by atoms with Crippen LogP contribution < -0.4 is 10.0 Å². The van der Waals surface area contributed by atoms with Crippen LogP contribution in [0.4, 0.5) is 0 Å². The van der Waals surface area contributed by atoms with Gasteiger partial charge in [0.1, 0.15) is 0 Å². The van der Waals surface area contributed by atoms with Gasteiger partial charge in [0.15, 0.2) is 0 Å². The fraction of sp³-hybridized carbons (Fsp3) is 0.429. The normalized spacial score (nSPS) is 12.2. The first-order chi connectivity index (χ1) is 9.94. The summed E-state index contributed by atoms with van der Waals surface area (Å²) in [6, 6.07) is 3.86. The molecule has 0 aromatic carbocycles. The Hall–Kier alpha value is -1.15. The van der Waals surface area contributed by atoms with Gasteiger partial charge in [0.2, 0.25) is 10.0 Å². The third-order valence-electron chi connectivity index (χ3n) is 3.18. The molecule has 0 amide bonds. The van der Waals surface area contributed by atoms with Gasteiger partial charge in [-0.2, -0.15) is 11.3 Å². The second-order valence-electron chi connectivity index (χ2n) is 5.15. The molecule has 0 radical (unpaired) electrons. The molecule has 2 N–H and O–H groups in total. The molecule has 2 rings (SSSR count). The van der Waals surface area contributed by atoms with E-state index in [0.717, 1.165) is 11.3 Å². The number of sulfonamides is 1. The number of hydrogen-bond acceptors (Lipinski definition) is 4. The van der Waals surface area contributed by atoms with Gasteiger partial charge in [-0.05, 0) is 49.4 Å². The Morgan fingerprint density at radius 1 is 1.33 bits per heavy atom. The van der Waals surface area contributed by atoms with Crippen molar-refractivity contribution in [1.82, 2.24) is 14.6 Å². The van der Waals surface area contributed by atoms with Crippen molar-refractivity contribution in [3.05, 3.63) is 40.3 Å². The topological polar surface area (TPSA) is 63.1 Å². The van der Waals surface area contributed by atoms with Gasteiger partial charge >= 0.3 is 0 Å². The quantitative estimate of drug-likeness (QED) is 0.820. The Bertz CT molecular complexity index is 673. The fourth-order valence-corrected chi connectivity index (χ4v) is 3.84. The highest BCUT2D eigenvalue weighted by atomic mass is 32.2. The summed E-state index contributed by atoms with van der Waals surface area (Å²) in [5.74, 6) is 0. The molecule has 2 heterocycles. The highest BCUT2D eigenvalue weighted by molar-refractivity contribution is 7.89. The molecule has 0 aliphatic carbocycles. The second kappa shape index (κ2) is 6.74. The van der Waals surface area contributed by atoms with Gasteiger partial charge in [-0.3, -0.25) is 0 Å². The lowest BCUT2D eigenvalue weighted by atomic mass is 10.3. The molecule has 2 aromatic heterocycles. The molecular formula is C14H21N3O2S2. The molecule has 0 unspecified atom stereocenters. The van der Waals surface area contributed by atoms with Gasteiger partial charge in [-0.25, -0.2) is 13.1 Å². The Morgan fingerprint density at radius 3 is 2.67 bits per heavy atom. The van der Waals surface area contributed by atoms with Gasteiger partial charge in [0, 0.05) is 31.0 Å². The number of nitrogens with one attached hydrogen (secondary N) is 2. The average molecular weight is 327 g/mol. The third kappa shape index (κ3) is 3.94. The molecule has 0 saturated carbocycles. The lowest BCUT2D eigenvalue weighted by Crippen LogP contribution is -2.22. The van der Waals surface area contributed by atoms with Crippen LogP contribution in [0.2, 0.25) is 0 Å². The van der Waals surface area contributed by atoms with Crippen molar-refractivity contribution in [2.45, 2.75) is 37.9 Å². The first-order valence-electron chi connectivity index (χ1n) is 6.80. The van der Waals surface area contributed by atoms with Gasteiger partial charge in [-0.1, -0.05) is 0 Å². The molecule has 21 heavy (non-hydrogen) atoms. The number of thiophene rings is 1. The standard InChI is InChI=1S/C14H21N3O2S2/c1-11(2)17-9-14(6-13(17)8-15-3)21(18,19)16-7-12-4-5-20-10-12/h4-6,9-11,15-16H,7-8H2,1-3H3. The van der Waals surface area contributed by atoms with Crippen LogP contribution in [0.5, 0.6) is 0 Å². The predicted octanol–water partition coefficient (Wildman–Crippen LogP) is 2.33. The summed E-state index contributed by atoms with van der Waals surface area (Å²) in [7, 11) is -1.64. The van der Waals surface area contributed by atoms with Crippen molar-refractivity contribution in [3.63, 3.8) is 0 Å². The molecule has 0 bridgehead atoms. The van der Waals surface area contributed by atoms with Crippen LogP contribution in [0.15, 0.2) is 34.0 Å². The number of aromatic nitrogens is 1. The molecule has 0 atom stereocenters. The van der Waals surface area contributed by atoms with E-state index < -0.39 is 10.0 Å². The highest BCUT2D eigenvalue weighted by Crippen LogP contribution is 2.19. The zero-order valence-electron chi connectivity index (χ0n) is 12.5. The number of rotatable bonds is 7. The van der Waals surface area contributed by atoms with Gasteiger partial charge in [0.25, 0.3) is 0 Å². The predicted molar refractivity (Wildman–Crippen MR) is 85.9 cm³/mol. The average Bonchev–Trinajstić information content (AvgIpc) is 3.06. The molecular weight excluding hydrogens is 306 g/mol. The summed E-state index contributed by atoms with van der Waals surface area (Å²) in [5, 5.41) is 6.94. The van der Waals surface area contributed by atoms with E-state index in [2.05, 4.69) is 10.0 Å². The van der Waals surface area contributed by atoms with Crippen molar-refractivity contribution in [2.24, 2.45) is 0 Å². The Kier molecular flexibility index (Phi) is 5.21. The Labute approximate surface area is 130 Å². The maximum Gasteiger partial charge on any atom is 0.242 e. The summed E-state index contributed by atoms with van der Waals surface area (Å²) in [5.41, 5.74) is 1.94. The summed E-state index contributed by atoms with van der Waals surface area (Å²) < 4.78 is 29.4. The summed E-state index contributed by atoms with van der Waals surface area (Å²) in [4.78, 5) is 0.316. The van der Waals surface area contributed by atoms with E-state index in [1.54, 1.807) is 23.6 Å². The molecule has 7 heteroatoms. The summed E-state index contributed by atoms with van der Waals surface area (Å²) in [6.07, 6.45) is 1.70. The van der Waals surface area contributed by atoms with Crippen LogP contribution in [0.3, 0.4) is 0 Å². The molecule has 0 fully saturated rings. The minimum Gasteiger partial charge on any atom is -0.346 e. The minimum absolute atomic E-state index is 0.217. The third-order valence-corrected chi connectivity index (χ3v) is 5.28. The zero-order valence-corrected chi connectivity index (χ0v) is 14.1. The molecule has 0 spiro atoms. The Morgan fingerprint density at radius 2 is 2.10 bits per heavy atom. The number of hydrogen-bond donors (Lipinski definition) is 2. The Balaban J connectivity index is 2.21. The van der Waals surface area contributed by atoms with E-state index in [1.165, 1.54) is 0 Å².